The van der Waals surface area contributed by atoms with Crippen molar-refractivity contribution < 1.29 is 5.11 Å². The number of aromatic amines is 1. The van der Waals surface area contributed by atoms with E-state index >= 15 is 0 Å². The molecular weight excluding hydrogens is 248 g/mol. The first-order chi connectivity index (χ1) is 9.66. The average Bonchev–Trinajstić information content (AvgIpc) is 2.82. The van der Waals surface area contributed by atoms with Crippen molar-refractivity contribution in [3.63, 3.8) is 0 Å². The summed E-state index contributed by atoms with van der Waals surface area (Å²) < 4.78 is 0. The summed E-state index contributed by atoms with van der Waals surface area (Å²) in [6.45, 7) is 3.74. The number of H-pyrrole nitrogens is 1. The number of fused-ring (bicyclic) bond motifs is 1. The predicted octanol–water partition coefficient (Wildman–Crippen LogP) is 3.20. The minimum atomic E-state index is -0.510. The van der Waals surface area contributed by atoms with Gasteiger partial charge in [0.25, 0.3) is 0 Å². The minimum Gasteiger partial charge on any atom is -0.389 e. The van der Waals surface area contributed by atoms with Gasteiger partial charge in [0.15, 0.2) is 0 Å². The summed E-state index contributed by atoms with van der Waals surface area (Å²) in [6.07, 6.45) is 6.31. The smallest absolute Gasteiger partial charge is 0.0774 e. The van der Waals surface area contributed by atoms with E-state index in [0.717, 1.165) is 25.8 Å². The largest absolute Gasteiger partial charge is 0.389 e. The average molecular weight is 272 g/mol. The van der Waals surface area contributed by atoms with Crippen LogP contribution in [0.15, 0.2) is 30.5 Å². The monoisotopic (exact) mass is 272 g/mol. The molecule has 1 aromatic carbocycles. The lowest BCUT2D eigenvalue weighted by Gasteiger charge is -2.35. The molecule has 1 fully saturated rings. The third-order valence-electron chi connectivity index (χ3n) is 4.51. The van der Waals surface area contributed by atoms with E-state index in [1.807, 2.05) is 6.07 Å². The molecule has 1 aliphatic carbocycles. The Balaban J connectivity index is 1.60. The molecule has 2 atom stereocenters. The van der Waals surface area contributed by atoms with Crippen LogP contribution in [0.5, 0.6) is 0 Å². The first-order valence-electron chi connectivity index (χ1n) is 7.64. The Morgan fingerprint density at radius 1 is 1.40 bits per heavy atom. The van der Waals surface area contributed by atoms with Crippen molar-refractivity contribution in [2.75, 3.05) is 6.54 Å². The maximum Gasteiger partial charge on any atom is 0.0774 e. The van der Waals surface area contributed by atoms with Crippen molar-refractivity contribution in [2.24, 2.45) is 5.92 Å². The van der Waals surface area contributed by atoms with E-state index in [-0.39, 0.29) is 0 Å². The van der Waals surface area contributed by atoms with Crippen LogP contribution < -0.4 is 5.32 Å². The standard InChI is InChI=1S/C17H24N2O/c1-13-5-4-8-17(20,9-13)12-18-10-14-11-19-16-7-3-2-6-15(14)16/h2-3,6-7,11,13,18-20H,4-5,8-10,12H2,1H3. The lowest BCUT2D eigenvalue weighted by Crippen LogP contribution is -2.43. The van der Waals surface area contributed by atoms with Gasteiger partial charge < -0.3 is 15.4 Å². The topological polar surface area (TPSA) is 48.0 Å². The van der Waals surface area contributed by atoms with Crippen LogP contribution in [0, 0.1) is 5.92 Å². The summed E-state index contributed by atoms with van der Waals surface area (Å²) in [5, 5.41) is 15.3. The highest BCUT2D eigenvalue weighted by Gasteiger charge is 2.31. The van der Waals surface area contributed by atoms with Crippen molar-refractivity contribution in [1.29, 1.82) is 0 Å². The second-order valence-corrected chi connectivity index (χ2v) is 6.39. The van der Waals surface area contributed by atoms with Gasteiger partial charge in [0.1, 0.15) is 0 Å². The van der Waals surface area contributed by atoms with Crippen LogP contribution in [0.4, 0.5) is 0 Å². The molecule has 20 heavy (non-hydrogen) atoms. The zero-order valence-corrected chi connectivity index (χ0v) is 12.2. The number of aromatic nitrogens is 1. The molecule has 108 valence electrons. The minimum absolute atomic E-state index is 0.510. The van der Waals surface area contributed by atoms with Crippen LogP contribution >= 0.6 is 0 Å². The lowest BCUT2D eigenvalue weighted by molar-refractivity contribution is -0.0119. The number of hydrogen-bond donors (Lipinski definition) is 3. The summed E-state index contributed by atoms with van der Waals surface area (Å²) in [7, 11) is 0. The van der Waals surface area contributed by atoms with Gasteiger partial charge >= 0.3 is 0 Å². The van der Waals surface area contributed by atoms with Gasteiger partial charge in [0, 0.05) is 30.2 Å². The fourth-order valence-electron chi connectivity index (χ4n) is 3.50. The van der Waals surface area contributed by atoms with Crippen LogP contribution in [0.1, 0.15) is 38.2 Å². The SMILES string of the molecule is CC1CCCC(O)(CNCc2c[nH]c3ccccc23)C1. The molecule has 0 aliphatic heterocycles. The molecule has 3 heteroatoms. The van der Waals surface area contributed by atoms with Crippen LogP contribution in [0.3, 0.4) is 0 Å². The van der Waals surface area contributed by atoms with Gasteiger partial charge in [-0.25, -0.2) is 0 Å². The quantitative estimate of drug-likeness (QED) is 0.800. The summed E-state index contributed by atoms with van der Waals surface area (Å²) in [4.78, 5) is 3.29. The van der Waals surface area contributed by atoms with Gasteiger partial charge in [-0.05, 0) is 30.4 Å². The molecule has 3 N–H and O–H groups in total. The molecule has 3 nitrogen and oxygen atoms in total. The highest BCUT2D eigenvalue weighted by molar-refractivity contribution is 5.82. The number of para-hydroxylation sites is 1. The zero-order valence-electron chi connectivity index (χ0n) is 12.2. The first kappa shape index (κ1) is 13.7. The van der Waals surface area contributed by atoms with E-state index in [2.05, 4.69) is 41.6 Å². The fraction of sp³-hybridized carbons (Fsp3) is 0.529. The Bertz CT molecular complexity index is 577. The normalized spacial score (nSPS) is 27.0. The third kappa shape index (κ3) is 2.89. The van der Waals surface area contributed by atoms with Gasteiger partial charge in [-0.1, -0.05) is 38.0 Å². The molecule has 0 spiro atoms. The number of rotatable bonds is 4. The predicted molar refractivity (Wildman–Crippen MR) is 82.6 cm³/mol. The van der Waals surface area contributed by atoms with E-state index in [9.17, 15) is 5.11 Å². The van der Waals surface area contributed by atoms with Gasteiger partial charge in [0.05, 0.1) is 5.60 Å². The fourth-order valence-corrected chi connectivity index (χ4v) is 3.50. The summed E-state index contributed by atoms with van der Waals surface area (Å²) in [6, 6.07) is 8.34. The Hall–Kier alpha value is -1.32. The van der Waals surface area contributed by atoms with Crippen LogP contribution in [-0.2, 0) is 6.54 Å². The summed E-state index contributed by atoms with van der Waals surface area (Å²) in [5.74, 6) is 0.642. The van der Waals surface area contributed by atoms with Crippen molar-refractivity contribution in [3.8, 4) is 0 Å². The van der Waals surface area contributed by atoms with Gasteiger partial charge in [-0.15, -0.1) is 0 Å². The van der Waals surface area contributed by atoms with Crippen molar-refractivity contribution >= 4 is 10.9 Å². The van der Waals surface area contributed by atoms with Crippen LogP contribution in [0.2, 0.25) is 0 Å². The Morgan fingerprint density at radius 3 is 3.10 bits per heavy atom. The number of nitrogens with one attached hydrogen (secondary N) is 2. The van der Waals surface area contributed by atoms with Crippen LogP contribution in [0.25, 0.3) is 10.9 Å². The molecule has 2 aromatic rings. The molecular formula is C17H24N2O. The molecule has 0 bridgehead atoms. The van der Waals surface area contributed by atoms with Crippen LogP contribution in [-0.4, -0.2) is 22.2 Å². The zero-order chi connectivity index (χ0) is 14.0. The molecule has 1 aliphatic rings. The van der Waals surface area contributed by atoms with E-state index in [4.69, 9.17) is 0 Å². The second kappa shape index (κ2) is 5.58. The molecule has 3 rings (SSSR count). The lowest BCUT2D eigenvalue weighted by atomic mass is 9.79. The third-order valence-corrected chi connectivity index (χ3v) is 4.51. The van der Waals surface area contributed by atoms with E-state index in [1.54, 1.807) is 0 Å². The molecule has 0 saturated heterocycles. The summed E-state index contributed by atoms with van der Waals surface area (Å²) >= 11 is 0. The van der Waals surface area contributed by atoms with Crippen molar-refractivity contribution in [2.45, 2.75) is 44.8 Å². The highest BCUT2D eigenvalue weighted by Crippen LogP contribution is 2.31. The van der Waals surface area contributed by atoms with Gasteiger partial charge in [-0.3, -0.25) is 0 Å². The maximum absolute atomic E-state index is 10.6. The molecule has 1 saturated carbocycles. The molecule has 0 radical (unpaired) electrons. The Morgan fingerprint density at radius 2 is 2.25 bits per heavy atom. The molecule has 2 unspecified atom stereocenters. The number of benzene rings is 1. The second-order valence-electron chi connectivity index (χ2n) is 6.39. The van der Waals surface area contributed by atoms with E-state index < -0.39 is 5.60 Å². The Kier molecular flexibility index (Phi) is 3.81. The first-order valence-corrected chi connectivity index (χ1v) is 7.64. The molecule has 1 heterocycles. The van der Waals surface area contributed by atoms with E-state index in [0.29, 0.717) is 12.5 Å². The molecule has 1 aromatic heterocycles. The Labute approximate surface area is 120 Å². The van der Waals surface area contributed by atoms with Gasteiger partial charge in [0.2, 0.25) is 0 Å². The van der Waals surface area contributed by atoms with Crippen molar-refractivity contribution in [3.05, 3.63) is 36.0 Å². The number of hydrogen-bond acceptors (Lipinski definition) is 2. The van der Waals surface area contributed by atoms with Gasteiger partial charge in [-0.2, -0.15) is 0 Å². The maximum atomic E-state index is 10.6. The highest BCUT2D eigenvalue weighted by atomic mass is 16.3. The number of aliphatic hydroxyl groups is 1. The summed E-state index contributed by atoms with van der Waals surface area (Å²) in [5.41, 5.74) is 1.94. The van der Waals surface area contributed by atoms with Crippen molar-refractivity contribution in [1.82, 2.24) is 10.3 Å². The molecule has 0 amide bonds. The van der Waals surface area contributed by atoms with E-state index in [1.165, 1.54) is 22.9 Å².